The molecule has 0 amide bonds. The number of esters is 4. The smallest absolute Gasteiger partial charge is 0.334 e. The van der Waals surface area contributed by atoms with Crippen LogP contribution in [0.4, 0.5) is 0 Å². The van der Waals surface area contributed by atoms with E-state index in [0.29, 0.717) is 16.7 Å². The summed E-state index contributed by atoms with van der Waals surface area (Å²) >= 11 is 0. The van der Waals surface area contributed by atoms with Crippen LogP contribution in [0.2, 0.25) is 0 Å². The highest BCUT2D eigenvalue weighted by Gasteiger charge is 2.84. The predicted molar refractivity (Wildman–Crippen MR) is 160 cm³/mol. The lowest BCUT2D eigenvalue weighted by Gasteiger charge is -2.31. The van der Waals surface area contributed by atoms with Crippen LogP contribution in [0.15, 0.2) is 34.9 Å². The standard InChI is InChI=1S/C34H46O11/c1-11-16(3)30(39)43-25-18(5)13-34-29(42-22(9)37)19(6)14-33(34,45-34)28(38)20(7)26(41-21(8)36)23-24(32(23,10)15-35)27(25)44-31(40)17(4)12-2/h11-13,19-20,23-27,29,35H,14-15H2,1-10H3/b16-11+,17-12+,18-13+/t19-,20+,23-,24+,25+,26-,27?,29-,32?,33-,34-/m0/s1. The molecule has 2 saturated carbocycles. The van der Waals surface area contributed by atoms with E-state index in [1.54, 1.807) is 66.7 Å². The van der Waals surface area contributed by atoms with Gasteiger partial charge >= 0.3 is 23.9 Å². The number of carbonyl (C=O) groups is 5. The van der Waals surface area contributed by atoms with Crippen LogP contribution >= 0.6 is 0 Å². The molecule has 45 heavy (non-hydrogen) atoms. The third kappa shape index (κ3) is 5.56. The van der Waals surface area contributed by atoms with E-state index in [-0.39, 0.29) is 24.7 Å². The van der Waals surface area contributed by atoms with Crippen LogP contribution in [0.25, 0.3) is 0 Å². The maximum atomic E-state index is 14.5. The minimum absolute atomic E-state index is 0.233. The number of Topliss-reactive ketones (excluding diaryl/α,β-unsaturated/α-hetero) is 1. The fourth-order valence-electron chi connectivity index (χ4n) is 7.71. The molecule has 4 rings (SSSR count). The Balaban J connectivity index is 2.00. The topological polar surface area (TPSA) is 155 Å². The monoisotopic (exact) mass is 630 g/mol. The molecule has 0 aromatic heterocycles. The van der Waals surface area contributed by atoms with Gasteiger partial charge in [-0.2, -0.15) is 0 Å². The molecule has 1 N–H and O–H groups in total. The number of ether oxygens (including phenoxy) is 5. The lowest BCUT2D eigenvalue weighted by Crippen LogP contribution is -2.43. The van der Waals surface area contributed by atoms with Crippen LogP contribution in [-0.2, 0) is 47.7 Å². The zero-order valence-corrected chi connectivity index (χ0v) is 27.8. The van der Waals surface area contributed by atoms with E-state index in [2.05, 4.69) is 0 Å². The van der Waals surface area contributed by atoms with Gasteiger partial charge in [-0.15, -0.1) is 0 Å². The maximum Gasteiger partial charge on any atom is 0.334 e. The lowest BCUT2D eigenvalue weighted by molar-refractivity contribution is -0.164. The molecule has 3 fully saturated rings. The average Bonchev–Trinajstić information content (AvgIpc) is 3.80. The quantitative estimate of drug-likeness (QED) is 0.144. The van der Waals surface area contributed by atoms with E-state index in [9.17, 15) is 29.1 Å². The fourth-order valence-corrected chi connectivity index (χ4v) is 7.71. The Morgan fingerprint density at radius 3 is 1.96 bits per heavy atom. The molecule has 11 atom stereocenters. The molecule has 11 heteroatoms. The van der Waals surface area contributed by atoms with Crippen molar-refractivity contribution in [2.24, 2.45) is 29.1 Å². The summed E-state index contributed by atoms with van der Waals surface area (Å²) in [6.07, 6.45) is 0.850. The van der Waals surface area contributed by atoms with Gasteiger partial charge in [0, 0.05) is 48.9 Å². The second-order valence-corrected chi connectivity index (χ2v) is 13.4. The Bertz CT molecular complexity index is 1380. The van der Waals surface area contributed by atoms with Gasteiger partial charge in [-0.05, 0) is 58.6 Å². The number of epoxide rings is 1. The summed E-state index contributed by atoms with van der Waals surface area (Å²) < 4.78 is 30.2. The number of aliphatic hydroxyl groups is 1. The summed E-state index contributed by atoms with van der Waals surface area (Å²) in [4.78, 5) is 65.9. The van der Waals surface area contributed by atoms with Crippen molar-refractivity contribution in [1.29, 1.82) is 0 Å². The van der Waals surface area contributed by atoms with E-state index in [1.165, 1.54) is 13.8 Å². The molecule has 0 spiro atoms. The Hall–Kier alpha value is -3.31. The van der Waals surface area contributed by atoms with E-state index in [0.717, 1.165) is 0 Å². The molecule has 2 unspecified atom stereocenters. The molecule has 1 saturated heterocycles. The van der Waals surface area contributed by atoms with Crippen LogP contribution in [-0.4, -0.2) is 77.0 Å². The van der Waals surface area contributed by atoms with Crippen LogP contribution in [0, 0.1) is 29.1 Å². The van der Waals surface area contributed by atoms with Crippen LogP contribution < -0.4 is 0 Å². The molecular weight excluding hydrogens is 584 g/mol. The molecule has 3 aliphatic carbocycles. The first-order valence-corrected chi connectivity index (χ1v) is 15.5. The number of carbonyl (C=O) groups excluding carboxylic acids is 5. The second kappa shape index (κ2) is 12.1. The number of hydrogen-bond acceptors (Lipinski definition) is 11. The van der Waals surface area contributed by atoms with Crippen molar-refractivity contribution in [2.75, 3.05) is 6.61 Å². The van der Waals surface area contributed by atoms with E-state index in [4.69, 9.17) is 23.7 Å². The van der Waals surface area contributed by atoms with Gasteiger partial charge in [-0.25, -0.2) is 9.59 Å². The van der Waals surface area contributed by atoms with Crippen molar-refractivity contribution in [2.45, 2.75) is 111 Å². The molecule has 248 valence electrons. The van der Waals surface area contributed by atoms with Gasteiger partial charge < -0.3 is 28.8 Å². The summed E-state index contributed by atoms with van der Waals surface area (Å²) in [6, 6.07) is 0. The van der Waals surface area contributed by atoms with Crippen molar-refractivity contribution in [3.8, 4) is 0 Å². The van der Waals surface area contributed by atoms with Crippen molar-refractivity contribution in [3.05, 3.63) is 34.9 Å². The highest BCUT2D eigenvalue weighted by molar-refractivity contribution is 5.96. The first kappa shape index (κ1) is 34.6. The molecule has 1 aliphatic heterocycles. The van der Waals surface area contributed by atoms with E-state index in [1.807, 2.05) is 6.92 Å². The number of fused-ring (bicyclic) bond motifs is 1. The van der Waals surface area contributed by atoms with Crippen molar-refractivity contribution in [3.63, 3.8) is 0 Å². The molecule has 4 aliphatic rings. The molecule has 0 radical (unpaired) electrons. The van der Waals surface area contributed by atoms with Gasteiger partial charge in [0.05, 0.1) is 5.92 Å². The fraction of sp³-hybridized carbons (Fsp3) is 0.676. The Morgan fingerprint density at radius 2 is 1.44 bits per heavy atom. The average molecular weight is 631 g/mol. The first-order chi connectivity index (χ1) is 21.0. The minimum atomic E-state index is -1.41. The van der Waals surface area contributed by atoms with Gasteiger partial charge in [-0.3, -0.25) is 14.4 Å². The Morgan fingerprint density at radius 1 is 0.911 bits per heavy atom. The van der Waals surface area contributed by atoms with Crippen LogP contribution in [0.1, 0.15) is 75.7 Å². The Labute approximate surface area is 264 Å². The number of hydrogen-bond donors (Lipinski definition) is 1. The number of ketones is 1. The van der Waals surface area contributed by atoms with Gasteiger partial charge in [0.25, 0.3) is 0 Å². The summed E-state index contributed by atoms with van der Waals surface area (Å²) in [5.41, 5.74) is -2.74. The van der Waals surface area contributed by atoms with Crippen LogP contribution in [0.5, 0.6) is 0 Å². The van der Waals surface area contributed by atoms with Gasteiger partial charge in [0.1, 0.15) is 18.3 Å². The van der Waals surface area contributed by atoms with E-state index < -0.39 is 82.7 Å². The number of allylic oxidation sites excluding steroid dienone is 2. The zero-order chi connectivity index (χ0) is 33.8. The summed E-state index contributed by atoms with van der Waals surface area (Å²) in [5, 5.41) is 10.7. The number of aliphatic hydroxyl groups excluding tert-OH is 1. The summed E-state index contributed by atoms with van der Waals surface area (Å²) in [5.74, 6) is -5.36. The summed E-state index contributed by atoms with van der Waals surface area (Å²) in [6.45, 7) is 15.7. The molecule has 0 aromatic rings. The van der Waals surface area contributed by atoms with Gasteiger partial charge in [0.15, 0.2) is 23.1 Å². The van der Waals surface area contributed by atoms with E-state index >= 15 is 0 Å². The largest absolute Gasteiger partial charge is 0.461 e. The minimum Gasteiger partial charge on any atom is -0.461 e. The number of rotatable bonds is 7. The second-order valence-electron chi connectivity index (χ2n) is 13.4. The first-order valence-electron chi connectivity index (χ1n) is 15.5. The summed E-state index contributed by atoms with van der Waals surface area (Å²) in [7, 11) is 0. The van der Waals surface area contributed by atoms with Crippen molar-refractivity contribution < 1.29 is 52.8 Å². The van der Waals surface area contributed by atoms with Gasteiger partial charge in [-0.1, -0.05) is 32.9 Å². The lowest BCUT2D eigenvalue weighted by atomic mass is 9.80. The maximum absolute atomic E-state index is 14.5. The Kier molecular flexibility index (Phi) is 9.32. The SMILES string of the molecule is C/C=C(\C)C(=O)OC1[C@H](OC(=O)/C(C)=C/C)/C(C)=C/[C@@]23O[C@@]2(C[C@H](C)[C@@H]3OC(C)=O)C(=O)[C@H](C)[C@H](OC(C)=O)[C@@H]2[C@H]1C2(C)CO. The normalized spacial score (nSPS) is 42.0. The molecular formula is C34H46O11. The third-order valence-corrected chi connectivity index (χ3v) is 10.4. The van der Waals surface area contributed by atoms with Gasteiger partial charge in [0.2, 0.25) is 0 Å². The highest BCUT2D eigenvalue weighted by Crippen LogP contribution is 2.69. The molecule has 0 aromatic carbocycles. The van der Waals surface area contributed by atoms with Crippen molar-refractivity contribution in [1.82, 2.24) is 0 Å². The highest BCUT2D eigenvalue weighted by atomic mass is 16.7. The molecule has 11 nitrogen and oxygen atoms in total. The molecule has 0 bridgehead atoms. The third-order valence-electron chi connectivity index (χ3n) is 10.4. The predicted octanol–water partition coefficient (Wildman–Crippen LogP) is 3.56. The van der Waals surface area contributed by atoms with Crippen LogP contribution in [0.3, 0.4) is 0 Å². The zero-order valence-electron chi connectivity index (χ0n) is 27.8. The molecule has 1 heterocycles. The van der Waals surface area contributed by atoms with Crippen molar-refractivity contribution >= 4 is 29.7 Å².